The highest BCUT2D eigenvalue weighted by Crippen LogP contribution is 2.31. The zero-order valence-corrected chi connectivity index (χ0v) is 10.2. The lowest BCUT2D eigenvalue weighted by atomic mass is 9.87. The van der Waals surface area contributed by atoms with Crippen LogP contribution in [0.25, 0.3) is 5.57 Å². The van der Waals surface area contributed by atoms with Gasteiger partial charge in [-0.25, -0.2) is 0 Å². The third-order valence-electron chi connectivity index (χ3n) is 3.31. The van der Waals surface area contributed by atoms with Gasteiger partial charge in [0.15, 0.2) is 0 Å². The Hall–Kier alpha value is -1.28. The average molecular weight is 217 g/mol. The summed E-state index contributed by atoms with van der Waals surface area (Å²) in [4.78, 5) is 0. The van der Waals surface area contributed by atoms with Gasteiger partial charge in [0.05, 0.1) is 7.11 Å². The monoisotopic (exact) mass is 217 g/mol. The Balaban J connectivity index is 2.42. The maximum absolute atomic E-state index is 5.29. The van der Waals surface area contributed by atoms with E-state index in [0.717, 1.165) is 18.6 Å². The molecule has 86 valence electrons. The van der Waals surface area contributed by atoms with Crippen molar-refractivity contribution in [2.45, 2.75) is 25.8 Å². The van der Waals surface area contributed by atoms with Crippen molar-refractivity contribution < 1.29 is 4.74 Å². The highest BCUT2D eigenvalue weighted by Gasteiger charge is 2.17. The van der Waals surface area contributed by atoms with Crippen LogP contribution in [-0.4, -0.2) is 20.2 Å². The number of likely N-dealkylation sites (N-methyl/N-ethyl adjacent to an activating group) is 1. The van der Waals surface area contributed by atoms with Crippen molar-refractivity contribution >= 4 is 5.57 Å². The normalized spacial score (nSPS) is 16.3. The van der Waals surface area contributed by atoms with Crippen LogP contribution in [-0.2, 0) is 6.42 Å². The summed E-state index contributed by atoms with van der Waals surface area (Å²) >= 11 is 0. The fraction of sp³-hybridized carbons (Fsp3) is 0.429. The number of hydrogen-bond donors (Lipinski definition) is 1. The number of fused-ring (bicyclic) bond motifs is 1. The predicted octanol–water partition coefficient (Wildman–Crippen LogP) is 2.63. The van der Waals surface area contributed by atoms with Gasteiger partial charge in [0.2, 0.25) is 0 Å². The Labute approximate surface area is 97.3 Å². The van der Waals surface area contributed by atoms with Crippen molar-refractivity contribution in [3.63, 3.8) is 0 Å². The number of hydrogen-bond acceptors (Lipinski definition) is 2. The van der Waals surface area contributed by atoms with Gasteiger partial charge in [0.1, 0.15) is 5.75 Å². The van der Waals surface area contributed by atoms with E-state index in [2.05, 4.69) is 30.4 Å². The van der Waals surface area contributed by atoms with Crippen molar-refractivity contribution in [1.29, 1.82) is 0 Å². The molecular weight excluding hydrogens is 198 g/mol. The van der Waals surface area contributed by atoms with Crippen LogP contribution in [0.1, 0.15) is 24.5 Å². The predicted molar refractivity (Wildman–Crippen MR) is 67.8 cm³/mol. The van der Waals surface area contributed by atoms with E-state index >= 15 is 0 Å². The van der Waals surface area contributed by atoms with Crippen LogP contribution in [0.2, 0.25) is 0 Å². The minimum atomic E-state index is 0.395. The molecule has 2 heteroatoms. The SMILES string of the molecule is CNC(C)C1=CCCc2ccc(OC)cc21. The average Bonchev–Trinajstić information content (AvgIpc) is 2.36. The van der Waals surface area contributed by atoms with Crippen LogP contribution in [0, 0.1) is 0 Å². The van der Waals surface area contributed by atoms with E-state index in [-0.39, 0.29) is 0 Å². The summed E-state index contributed by atoms with van der Waals surface area (Å²) in [7, 11) is 3.72. The second-order valence-corrected chi connectivity index (χ2v) is 4.23. The van der Waals surface area contributed by atoms with E-state index in [9.17, 15) is 0 Å². The molecule has 0 saturated heterocycles. The van der Waals surface area contributed by atoms with Crippen LogP contribution in [0.3, 0.4) is 0 Å². The van der Waals surface area contributed by atoms with Crippen molar-refractivity contribution in [1.82, 2.24) is 5.32 Å². The number of allylic oxidation sites excluding steroid dienone is 1. The minimum absolute atomic E-state index is 0.395. The minimum Gasteiger partial charge on any atom is -0.497 e. The molecule has 0 amide bonds. The quantitative estimate of drug-likeness (QED) is 0.840. The van der Waals surface area contributed by atoms with Gasteiger partial charge in [-0.2, -0.15) is 0 Å². The Morgan fingerprint density at radius 3 is 2.88 bits per heavy atom. The summed E-state index contributed by atoms with van der Waals surface area (Å²) < 4.78 is 5.29. The molecule has 1 unspecified atom stereocenters. The maximum atomic E-state index is 5.29. The van der Waals surface area contributed by atoms with Crippen LogP contribution >= 0.6 is 0 Å². The number of nitrogens with one attached hydrogen (secondary N) is 1. The molecule has 2 rings (SSSR count). The highest BCUT2D eigenvalue weighted by atomic mass is 16.5. The molecule has 0 spiro atoms. The first-order valence-electron chi connectivity index (χ1n) is 5.81. The lowest BCUT2D eigenvalue weighted by Gasteiger charge is -2.23. The van der Waals surface area contributed by atoms with Crippen LogP contribution in [0.4, 0.5) is 0 Å². The third kappa shape index (κ3) is 1.98. The molecule has 0 aliphatic heterocycles. The molecule has 1 aromatic rings. The van der Waals surface area contributed by atoms with Crippen molar-refractivity contribution in [3.8, 4) is 5.75 Å². The molecule has 1 N–H and O–H groups in total. The molecule has 1 atom stereocenters. The molecule has 0 bridgehead atoms. The van der Waals surface area contributed by atoms with Crippen LogP contribution in [0.5, 0.6) is 5.75 Å². The maximum Gasteiger partial charge on any atom is 0.119 e. The van der Waals surface area contributed by atoms with Crippen molar-refractivity contribution in [2.24, 2.45) is 0 Å². The Bertz CT molecular complexity index is 409. The Morgan fingerprint density at radius 2 is 2.19 bits per heavy atom. The lowest BCUT2D eigenvalue weighted by molar-refractivity contribution is 0.414. The molecule has 0 aromatic heterocycles. The number of benzene rings is 1. The Kier molecular flexibility index (Phi) is 3.30. The van der Waals surface area contributed by atoms with Gasteiger partial charge < -0.3 is 10.1 Å². The molecule has 0 heterocycles. The second kappa shape index (κ2) is 4.71. The van der Waals surface area contributed by atoms with Crippen molar-refractivity contribution in [3.05, 3.63) is 35.4 Å². The zero-order chi connectivity index (χ0) is 11.5. The van der Waals surface area contributed by atoms with Gasteiger partial charge in [0.25, 0.3) is 0 Å². The first-order chi connectivity index (χ1) is 7.76. The van der Waals surface area contributed by atoms with Gasteiger partial charge >= 0.3 is 0 Å². The summed E-state index contributed by atoms with van der Waals surface area (Å²) in [5, 5.41) is 3.30. The Morgan fingerprint density at radius 1 is 1.38 bits per heavy atom. The van der Waals surface area contributed by atoms with E-state index < -0.39 is 0 Å². The van der Waals surface area contributed by atoms with E-state index in [4.69, 9.17) is 4.74 Å². The summed E-state index contributed by atoms with van der Waals surface area (Å²) in [5.41, 5.74) is 4.16. The third-order valence-corrected chi connectivity index (χ3v) is 3.31. The van der Waals surface area contributed by atoms with Gasteiger partial charge in [-0.05, 0) is 55.6 Å². The molecule has 16 heavy (non-hydrogen) atoms. The van der Waals surface area contributed by atoms with Gasteiger partial charge in [-0.3, -0.25) is 0 Å². The van der Waals surface area contributed by atoms with Crippen LogP contribution in [0.15, 0.2) is 24.3 Å². The first kappa shape index (κ1) is 11.2. The summed E-state index contributed by atoms with van der Waals surface area (Å²) in [6.07, 6.45) is 4.61. The van der Waals surface area contributed by atoms with E-state index in [0.29, 0.717) is 6.04 Å². The molecule has 0 radical (unpaired) electrons. The van der Waals surface area contributed by atoms with E-state index in [1.807, 2.05) is 13.1 Å². The van der Waals surface area contributed by atoms with E-state index in [1.54, 1.807) is 7.11 Å². The van der Waals surface area contributed by atoms with Crippen LogP contribution < -0.4 is 10.1 Å². The molecule has 1 aromatic carbocycles. The summed E-state index contributed by atoms with van der Waals surface area (Å²) in [6.45, 7) is 2.19. The number of aryl methyl sites for hydroxylation is 1. The number of methoxy groups -OCH3 is 1. The standard InChI is InChI=1S/C14H19NO/c1-10(15-2)13-6-4-5-11-7-8-12(16-3)9-14(11)13/h6-10,15H,4-5H2,1-3H3. The fourth-order valence-corrected chi connectivity index (χ4v) is 2.23. The summed E-state index contributed by atoms with van der Waals surface area (Å²) in [5.74, 6) is 0.940. The molecule has 2 nitrogen and oxygen atoms in total. The number of rotatable bonds is 3. The molecule has 1 aliphatic carbocycles. The highest BCUT2D eigenvalue weighted by molar-refractivity contribution is 5.74. The molecule has 0 saturated carbocycles. The molecular formula is C14H19NO. The van der Waals surface area contributed by atoms with E-state index in [1.165, 1.54) is 16.7 Å². The summed E-state index contributed by atoms with van der Waals surface area (Å²) in [6, 6.07) is 6.77. The fourth-order valence-electron chi connectivity index (χ4n) is 2.23. The van der Waals surface area contributed by atoms with Gasteiger partial charge in [-0.1, -0.05) is 12.1 Å². The zero-order valence-electron chi connectivity index (χ0n) is 10.2. The van der Waals surface area contributed by atoms with Crippen molar-refractivity contribution in [2.75, 3.05) is 14.2 Å². The first-order valence-corrected chi connectivity index (χ1v) is 5.81. The van der Waals surface area contributed by atoms with Gasteiger partial charge in [0, 0.05) is 6.04 Å². The largest absolute Gasteiger partial charge is 0.497 e. The lowest BCUT2D eigenvalue weighted by Crippen LogP contribution is -2.24. The molecule has 0 fully saturated rings. The smallest absolute Gasteiger partial charge is 0.119 e. The molecule has 1 aliphatic rings. The number of ether oxygens (including phenoxy) is 1. The topological polar surface area (TPSA) is 21.3 Å². The second-order valence-electron chi connectivity index (χ2n) is 4.23. The van der Waals surface area contributed by atoms with Gasteiger partial charge in [-0.15, -0.1) is 0 Å².